The number of fused-ring (bicyclic) bond motifs is 1. The van der Waals surface area contributed by atoms with Crippen LogP contribution in [0.5, 0.6) is 0 Å². The molecule has 0 radical (unpaired) electrons. The molecule has 0 aliphatic rings. The predicted octanol–water partition coefficient (Wildman–Crippen LogP) is 3.84. The molecule has 0 unspecified atom stereocenters. The monoisotopic (exact) mass is 460 g/mol. The van der Waals surface area contributed by atoms with Crippen LogP contribution >= 0.6 is 11.3 Å². The summed E-state index contributed by atoms with van der Waals surface area (Å²) in [7, 11) is 1.54. The Hall–Kier alpha value is -3.78. The molecular weight excluding hydrogens is 436 g/mol. The third-order valence-electron chi connectivity index (χ3n) is 5.36. The summed E-state index contributed by atoms with van der Waals surface area (Å²) < 4.78 is 1.30. The fourth-order valence-corrected chi connectivity index (χ4v) is 4.61. The van der Waals surface area contributed by atoms with Crippen molar-refractivity contribution < 1.29 is 9.59 Å². The number of anilines is 1. The van der Waals surface area contributed by atoms with Crippen LogP contribution in [0, 0.1) is 13.8 Å². The van der Waals surface area contributed by atoms with Crippen LogP contribution in [-0.2, 0) is 16.1 Å². The number of hydrogen-bond acceptors (Lipinski definition) is 5. The maximum Gasteiger partial charge on any atom is 0.263 e. The SMILES string of the molecule is Cc1ccc(NC(=O)CN(C)C(=O)Cn2cnc3sc(C)c(-c4ccccc4)c3c2=O)cc1. The summed E-state index contributed by atoms with van der Waals surface area (Å²) >= 11 is 1.46. The number of carbonyl (C=O) groups is 2. The number of likely N-dealkylation sites (N-methyl/N-ethyl adjacent to an activating group) is 1. The molecule has 0 atom stereocenters. The molecule has 4 aromatic rings. The van der Waals surface area contributed by atoms with E-state index in [0.717, 1.165) is 21.6 Å². The molecule has 0 saturated heterocycles. The number of nitrogens with one attached hydrogen (secondary N) is 1. The Balaban J connectivity index is 1.52. The number of nitrogens with zero attached hydrogens (tertiary/aromatic N) is 3. The molecule has 0 spiro atoms. The van der Waals surface area contributed by atoms with Gasteiger partial charge in [0.05, 0.1) is 18.3 Å². The molecule has 0 fully saturated rings. The topological polar surface area (TPSA) is 84.3 Å². The summed E-state index contributed by atoms with van der Waals surface area (Å²) in [4.78, 5) is 45.7. The maximum atomic E-state index is 13.3. The van der Waals surface area contributed by atoms with Gasteiger partial charge in [-0.2, -0.15) is 0 Å². The van der Waals surface area contributed by atoms with E-state index in [1.54, 1.807) is 0 Å². The van der Waals surface area contributed by atoms with Crippen LogP contribution in [0.15, 0.2) is 65.7 Å². The molecule has 0 saturated carbocycles. The van der Waals surface area contributed by atoms with E-state index in [1.165, 1.54) is 34.2 Å². The lowest BCUT2D eigenvalue weighted by Gasteiger charge is -2.17. The van der Waals surface area contributed by atoms with Gasteiger partial charge in [0.15, 0.2) is 0 Å². The number of benzene rings is 2. The molecule has 0 aliphatic heterocycles. The molecule has 33 heavy (non-hydrogen) atoms. The molecular formula is C25H24N4O3S. The fourth-order valence-electron chi connectivity index (χ4n) is 3.61. The Morgan fingerprint density at radius 3 is 2.45 bits per heavy atom. The van der Waals surface area contributed by atoms with Crippen LogP contribution in [0.4, 0.5) is 5.69 Å². The number of hydrogen-bond donors (Lipinski definition) is 1. The first-order valence-electron chi connectivity index (χ1n) is 10.5. The van der Waals surface area contributed by atoms with Crippen molar-refractivity contribution in [3.63, 3.8) is 0 Å². The van der Waals surface area contributed by atoms with Crippen molar-refractivity contribution in [2.24, 2.45) is 0 Å². The zero-order valence-corrected chi connectivity index (χ0v) is 19.5. The normalized spacial score (nSPS) is 10.9. The molecule has 2 aromatic heterocycles. The van der Waals surface area contributed by atoms with Gasteiger partial charge in [0.25, 0.3) is 5.56 Å². The molecule has 2 amide bonds. The highest BCUT2D eigenvalue weighted by Gasteiger charge is 2.19. The quantitative estimate of drug-likeness (QED) is 0.474. The zero-order valence-electron chi connectivity index (χ0n) is 18.7. The van der Waals surface area contributed by atoms with Gasteiger partial charge in [-0.05, 0) is 31.5 Å². The van der Waals surface area contributed by atoms with E-state index in [4.69, 9.17) is 0 Å². The minimum absolute atomic E-state index is 0.121. The highest BCUT2D eigenvalue weighted by molar-refractivity contribution is 7.19. The third-order valence-corrected chi connectivity index (χ3v) is 6.38. The summed E-state index contributed by atoms with van der Waals surface area (Å²) in [5.41, 5.74) is 3.27. The number of amides is 2. The summed E-state index contributed by atoms with van der Waals surface area (Å²) in [5, 5.41) is 3.28. The van der Waals surface area contributed by atoms with Gasteiger partial charge in [-0.1, -0.05) is 48.0 Å². The van der Waals surface area contributed by atoms with Crippen LogP contribution in [0.1, 0.15) is 10.4 Å². The van der Waals surface area contributed by atoms with Gasteiger partial charge < -0.3 is 10.2 Å². The zero-order chi connectivity index (χ0) is 23.5. The lowest BCUT2D eigenvalue weighted by atomic mass is 10.0. The molecule has 2 aromatic carbocycles. The highest BCUT2D eigenvalue weighted by atomic mass is 32.1. The summed E-state index contributed by atoms with van der Waals surface area (Å²) in [6, 6.07) is 17.1. The molecule has 0 aliphatic carbocycles. The second-order valence-corrected chi connectivity index (χ2v) is 9.12. The van der Waals surface area contributed by atoms with Gasteiger partial charge in [0.1, 0.15) is 11.4 Å². The van der Waals surface area contributed by atoms with Crippen molar-refractivity contribution in [2.75, 3.05) is 18.9 Å². The van der Waals surface area contributed by atoms with Gasteiger partial charge in [0.2, 0.25) is 11.8 Å². The standard InChI is InChI=1S/C25H24N4O3S/c1-16-9-11-19(12-10-16)27-20(30)13-28(3)21(31)14-29-15-26-24-23(25(29)32)22(17(2)33-24)18-7-5-4-6-8-18/h4-12,15H,13-14H2,1-3H3,(H,27,30). The first-order valence-corrected chi connectivity index (χ1v) is 11.3. The smallest absolute Gasteiger partial charge is 0.263 e. The lowest BCUT2D eigenvalue weighted by molar-refractivity contribution is -0.133. The number of aromatic nitrogens is 2. The molecule has 1 N–H and O–H groups in total. The Morgan fingerprint density at radius 1 is 1.06 bits per heavy atom. The molecule has 0 bridgehead atoms. The van der Waals surface area contributed by atoms with Crippen molar-refractivity contribution in [3.8, 4) is 11.1 Å². The average Bonchev–Trinajstić information content (AvgIpc) is 3.14. The molecule has 7 nitrogen and oxygen atoms in total. The first-order chi connectivity index (χ1) is 15.8. The third kappa shape index (κ3) is 4.85. The van der Waals surface area contributed by atoms with E-state index in [1.807, 2.05) is 68.4 Å². The van der Waals surface area contributed by atoms with Crippen LogP contribution in [0.2, 0.25) is 0 Å². The van der Waals surface area contributed by atoms with Crippen molar-refractivity contribution in [1.29, 1.82) is 0 Å². The Bertz CT molecular complexity index is 1370. The van der Waals surface area contributed by atoms with Gasteiger partial charge in [-0.3, -0.25) is 19.0 Å². The largest absolute Gasteiger partial charge is 0.335 e. The second-order valence-electron chi connectivity index (χ2n) is 7.92. The number of thiophene rings is 1. The van der Waals surface area contributed by atoms with E-state index in [9.17, 15) is 14.4 Å². The van der Waals surface area contributed by atoms with Crippen LogP contribution in [0.25, 0.3) is 21.3 Å². The summed E-state index contributed by atoms with van der Waals surface area (Å²) in [6.45, 7) is 3.61. The average molecular weight is 461 g/mol. The van der Waals surface area contributed by atoms with Crippen molar-refractivity contribution in [2.45, 2.75) is 20.4 Å². The number of rotatable bonds is 6. The Morgan fingerprint density at radius 2 is 1.76 bits per heavy atom. The van der Waals surface area contributed by atoms with Crippen LogP contribution in [0.3, 0.4) is 0 Å². The van der Waals surface area contributed by atoms with Gasteiger partial charge in [-0.25, -0.2) is 4.98 Å². The van der Waals surface area contributed by atoms with Crippen LogP contribution in [-0.4, -0.2) is 39.9 Å². The summed E-state index contributed by atoms with van der Waals surface area (Å²) in [5.74, 6) is -0.666. The molecule has 8 heteroatoms. The van der Waals surface area contributed by atoms with Gasteiger partial charge in [-0.15, -0.1) is 11.3 Å². The number of carbonyl (C=O) groups excluding carboxylic acids is 2. The first kappa shape index (κ1) is 22.4. The van der Waals surface area contributed by atoms with Crippen molar-refractivity contribution in [3.05, 3.63) is 81.7 Å². The van der Waals surface area contributed by atoms with E-state index in [0.29, 0.717) is 15.9 Å². The second kappa shape index (κ2) is 9.38. The molecule has 4 rings (SSSR count). The maximum absolute atomic E-state index is 13.3. The van der Waals surface area contributed by atoms with Gasteiger partial charge in [0, 0.05) is 23.2 Å². The minimum atomic E-state index is -0.356. The minimum Gasteiger partial charge on any atom is -0.335 e. The Kier molecular flexibility index (Phi) is 6.37. The fraction of sp³-hybridized carbons (Fsp3) is 0.200. The number of aryl methyl sites for hydroxylation is 2. The molecule has 168 valence electrons. The van der Waals surface area contributed by atoms with E-state index in [-0.39, 0.29) is 30.5 Å². The predicted molar refractivity (Wildman–Crippen MR) is 131 cm³/mol. The van der Waals surface area contributed by atoms with E-state index < -0.39 is 0 Å². The summed E-state index contributed by atoms with van der Waals surface area (Å²) in [6.07, 6.45) is 1.40. The van der Waals surface area contributed by atoms with Crippen LogP contribution < -0.4 is 10.9 Å². The Labute approximate surface area is 195 Å². The van der Waals surface area contributed by atoms with Crippen molar-refractivity contribution >= 4 is 39.1 Å². The van der Waals surface area contributed by atoms with Gasteiger partial charge >= 0.3 is 0 Å². The van der Waals surface area contributed by atoms with Crippen molar-refractivity contribution in [1.82, 2.24) is 14.5 Å². The van der Waals surface area contributed by atoms with E-state index in [2.05, 4.69) is 10.3 Å². The van der Waals surface area contributed by atoms with E-state index >= 15 is 0 Å². The highest BCUT2D eigenvalue weighted by Crippen LogP contribution is 2.35. The lowest BCUT2D eigenvalue weighted by Crippen LogP contribution is -2.38. The molecule has 2 heterocycles.